The first-order chi connectivity index (χ1) is 10.9. The van der Waals surface area contributed by atoms with E-state index in [-0.39, 0.29) is 10.9 Å². The number of para-hydroxylation sites is 1. The number of nitriles is 1. The highest BCUT2D eigenvalue weighted by molar-refractivity contribution is 5.47. The fourth-order valence-electron chi connectivity index (χ4n) is 2.94. The number of nitrogens with zero attached hydrogens (tertiary/aromatic N) is 3. The molecule has 0 unspecified atom stereocenters. The smallest absolute Gasteiger partial charge is 0.165 e. The summed E-state index contributed by atoms with van der Waals surface area (Å²) in [4.78, 5) is 0. The van der Waals surface area contributed by atoms with Gasteiger partial charge in [0.05, 0.1) is 24.6 Å². The molecule has 1 N–H and O–H groups in total. The average Bonchev–Trinajstić information content (AvgIpc) is 2.53. The Morgan fingerprint density at radius 2 is 2.04 bits per heavy atom. The molecule has 5 nitrogen and oxygen atoms in total. The molecule has 2 heterocycles. The topological polar surface area (TPSA) is 74.7 Å². The second kappa shape index (κ2) is 5.64. The van der Waals surface area contributed by atoms with Crippen molar-refractivity contribution in [3.8, 4) is 11.8 Å². The molecule has 0 radical (unpaired) electrons. The van der Waals surface area contributed by atoms with E-state index in [4.69, 9.17) is 10.1 Å². The van der Waals surface area contributed by atoms with Crippen molar-refractivity contribution in [2.45, 2.75) is 39.2 Å². The van der Waals surface area contributed by atoms with Crippen LogP contribution in [0.1, 0.15) is 43.2 Å². The Bertz CT molecular complexity index is 853. The Kier molecular flexibility index (Phi) is 3.78. The number of fused-ring (bicyclic) bond motifs is 1. The quantitative estimate of drug-likeness (QED) is 0.880. The number of hydrogen-bond acceptors (Lipinski definition) is 4. The van der Waals surface area contributed by atoms with Crippen molar-refractivity contribution in [3.05, 3.63) is 52.1 Å². The number of rotatable bonds is 1. The maximum absolute atomic E-state index is 9.52. The number of benzene rings is 1. The zero-order valence-corrected chi connectivity index (χ0v) is 13.7. The Hall–Kier alpha value is -2.45. The second-order valence-electron chi connectivity index (χ2n) is 6.74. The molecule has 0 saturated heterocycles. The summed E-state index contributed by atoms with van der Waals surface area (Å²) in [6.07, 6.45) is 0.638. The van der Waals surface area contributed by atoms with Crippen LogP contribution in [0.5, 0.6) is 0 Å². The first-order valence-corrected chi connectivity index (χ1v) is 7.71. The van der Waals surface area contributed by atoms with Crippen LogP contribution in [0.25, 0.3) is 5.69 Å². The van der Waals surface area contributed by atoms with Crippen LogP contribution in [-0.4, -0.2) is 16.4 Å². The van der Waals surface area contributed by atoms with Gasteiger partial charge in [-0.25, -0.2) is 4.68 Å². The molecule has 0 bridgehead atoms. The lowest BCUT2D eigenvalue weighted by atomic mass is 9.86. The second-order valence-corrected chi connectivity index (χ2v) is 6.74. The Morgan fingerprint density at radius 1 is 1.30 bits per heavy atom. The average molecular weight is 308 g/mol. The van der Waals surface area contributed by atoms with Gasteiger partial charge < -0.3 is 4.74 Å². The minimum absolute atomic E-state index is 0.0864. The predicted octanol–water partition coefficient (Wildman–Crippen LogP) is 2.59. The van der Waals surface area contributed by atoms with Crippen molar-refractivity contribution >= 4 is 0 Å². The molecular formula is C18H20N4O. The Labute approximate surface area is 135 Å². The van der Waals surface area contributed by atoms with E-state index in [0.29, 0.717) is 25.2 Å². The molecule has 2 aromatic rings. The molecule has 1 aliphatic rings. The first-order valence-electron chi connectivity index (χ1n) is 7.71. The van der Waals surface area contributed by atoms with Crippen molar-refractivity contribution in [1.29, 1.82) is 10.7 Å². The van der Waals surface area contributed by atoms with Gasteiger partial charge in [0.15, 0.2) is 5.49 Å². The van der Waals surface area contributed by atoms with E-state index in [2.05, 4.69) is 31.9 Å². The van der Waals surface area contributed by atoms with Crippen molar-refractivity contribution in [2.24, 2.45) is 0 Å². The van der Waals surface area contributed by atoms with E-state index in [0.717, 1.165) is 22.5 Å². The summed E-state index contributed by atoms with van der Waals surface area (Å²) in [5, 5.41) is 22.6. The summed E-state index contributed by atoms with van der Waals surface area (Å²) >= 11 is 0. The zero-order chi connectivity index (χ0) is 16.6. The van der Waals surface area contributed by atoms with E-state index in [1.807, 2.05) is 24.3 Å². The van der Waals surface area contributed by atoms with Crippen LogP contribution in [0.2, 0.25) is 0 Å². The van der Waals surface area contributed by atoms with Gasteiger partial charge in [-0.15, -0.1) is 0 Å². The van der Waals surface area contributed by atoms with Gasteiger partial charge in [-0.05, 0) is 23.5 Å². The van der Waals surface area contributed by atoms with Crippen LogP contribution in [0.15, 0.2) is 24.3 Å². The van der Waals surface area contributed by atoms with Gasteiger partial charge in [-0.1, -0.05) is 39.0 Å². The predicted molar refractivity (Wildman–Crippen MR) is 86.2 cm³/mol. The first kappa shape index (κ1) is 15.4. The van der Waals surface area contributed by atoms with Crippen molar-refractivity contribution in [3.63, 3.8) is 0 Å². The zero-order valence-electron chi connectivity index (χ0n) is 13.7. The minimum Gasteiger partial charge on any atom is -0.375 e. The van der Waals surface area contributed by atoms with Gasteiger partial charge in [-0.3, -0.25) is 5.41 Å². The largest absolute Gasteiger partial charge is 0.375 e. The van der Waals surface area contributed by atoms with Crippen molar-refractivity contribution < 1.29 is 4.74 Å². The molecule has 3 rings (SSSR count). The normalized spacial score (nSPS) is 14.2. The molecule has 0 spiro atoms. The lowest BCUT2D eigenvalue weighted by molar-refractivity contribution is 0.105. The SMILES string of the molecule is CC(C)(C)c1ccccc1-n1nc2c(c(C#N)c1=N)CCOC2. The lowest BCUT2D eigenvalue weighted by Gasteiger charge is -2.25. The summed E-state index contributed by atoms with van der Waals surface area (Å²) in [5.41, 5.74) is 4.01. The third kappa shape index (κ3) is 2.66. The number of hydrogen-bond donors (Lipinski definition) is 1. The molecule has 1 aliphatic heterocycles. The fraction of sp³-hybridized carbons (Fsp3) is 0.389. The molecule has 1 aromatic carbocycles. The maximum atomic E-state index is 9.52. The van der Waals surface area contributed by atoms with Gasteiger partial charge in [0.25, 0.3) is 0 Å². The number of aromatic nitrogens is 2. The van der Waals surface area contributed by atoms with E-state index in [9.17, 15) is 5.26 Å². The van der Waals surface area contributed by atoms with E-state index in [1.54, 1.807) is 4.68 Å². The molecule has 23 heavy (non-hydrogen) atoms. The summed E-state index contributed by atoms with van der Waals surface area (Å²) in [7, 11) is 0. The Morgan fingerprint density at radius 3 is 2.74 bits per heavy atom. The fourth-order valence-corrected chi connectivity index (χ4v) is 2.94. The molecule has 118 valence electrons. The van der Waals surface area contributed by atoms with Crippen LogP contribution in [0, 0.1) is 16.7 Å². The summed E-state index contributed by atoms with van der Waals surface area (Å²) in [6, 6.07) is 10.1. The van der Waals surface area contributed by atoms with Gasteiger partial charge in [0.1, 0.15) is 11.6 Å². The standard InChI is InChI=1S/C18H20N4O/c1-18(2,3)14-6-4-5-7-16(14)22-17(20)13(10-19)12-8-9-23-11-15(12)21-22/h4-7,20H,8-9,11H2,1-3H3. The Balaban J connectivity index is 2.31. The van der Waals surface area contributed by atoms with E-state index >= 15 is 0 Å². The third-order valence-electron chi connectivity index (χ3n) is 4.11. The van der Waals surface area contributed by atoms with Crippen LogP contribution in [-0.2, 0) is 23.2 Å². The highest BCUT2D eigenvalue weighted by atomic mass is 16.5. The van der Waals surface area contributed by atoms with Crippen molar-refractivity contribution in [2.75, 3.05) is 6.61 Å². The van der Waals surface area contributed by atoms with Crippen LogP contribution < -0.4 is 5.49 Å². The van der Waals surface area contributed by atoms with Gasteiger partial charge in [-0.2, -0.15) is 10.4 Å². The molecule has 5 heteroatoms. The molecule has 0 atom stereocenters. The van der Waals surface area contributed by atoms with E-state index < -0.39 is 0 Å². The van der Waals surface area contributed by atoms with Gasteiger partial charge >= 0.3 is 0 Å². The maximum Gasteiger partial charge on any atom is 0.165 e. The molecule has 0 saturated carbocycles. The van der Waals surface area contributed by atoms with Crippen LogP contribution in [0.4, 0.5) is 0 Å². The van der Waals surface area contributed by atoms with Gasteiger partial charge in [0.2, 0.25) is 0 Å². The lowest BCUT2D eigenvalue weighted by Crippen LogP contribution is -2.31. The van der Waals surface area contributed by atoms with Crippen LogP contribution >= 0.6 is 0 Å². The van der Waals surface area contributed by atoms with E-state index in [1.165, 1.54) is 0 Å². The monoisotopic (exact) mass is 308 g/mol. The summed E-state index contributed by atoms with van der Waals surface area (Å²) < 4.78 is 7.05. The highest BCUT2D eigenvalue weighted by Crippen LogP contribution is 2.28. The van der Waals surface area contributed by atoms with Gasteiger partial charge in [0, 0.05) is 5.56 Å². The molecule has 0 amide bonds. The van der Waals surface area contributed by atoms with Crippen molar-refractivity contribution in [1.82, 2.24) is 9.78 Å². The number of ether oxygens (including phenoxy) is 1. The van der Waals surface area contributed by atoms with Crippen LogP contribution in [0.3, 0.4) is 0 Å². The molecule has 1 aromatic heterocycles. The summed E-state index contributed by atoms with van der Waals surface area (Å²) in [6.45, 7) is 7.35. The number of nitrogens with one attached hydrogen (secondary N) is 1. The minimum atomic E-state index is -0.0864. The molecule has 0 fully saturated rings. The summed E-state index contributed by atoms with van der Waals surface area (Å²) in [5.74, 6) is 0. The molecular weight excluding hydrogens is 288 g/mol. The highest BCUT2D eigenvalue weighted by Gasteiger charge is 2.23. The molecule has 0 aliphatic carbocycles. The third-order valence-corrected chi connectivity index (χ3v) is 4.11.